The van der Waals surface area contributed by atoms with E-state index in [0.29, 0.717) is 42.7 Å². The number of likely N-dealkylation sites (tertiary alicyclic amines) is 1. The number of piperidine rings is 1. The minimum Gasteiger partial charge on any atom is -0.508 e. The van der Waals surface area contributed by atoms with Crippen LogP contribution >= 0.6 is 0 Å². The van der Waals surface area contributed by atoms with Crippen molar-refractivity contribution in [2.75, 3.05) is 69.0 Å². The molecule has 0 atom stereocenters. The van der Waals surface area contributed by atoms with Gasteiger partial charge in [0.2, 0.25) is 5.95 Å². The highest BCUT2D eigenvalue weighted by Gasteiger charge is 2.38. The van der Waals surface area contributed by atoms with Crippen LogP contribution in [0.1, 0.15) is 41.3 Å². The SMILES string of the molecule is CCNc1ncc2c(n1)N(C)CCN(c1cccc(-n3cc(CN4CCC(c5cccc(O)c5)(N(C)C)CC4)cn3)c1)C2=O. The van der Waals surface area contributed by atoms with E-state index in [0.717, 1.165) is 49.4 Å². The molecule has 230 valence electrons. The van der Waals surface area contributed by atoms with Crippen molar-refractivity contribution < 1.29 is 9.90 Å². The van der Waals surface area contributed by atoms with Crippen LogP contribution in [0.2, 0.25) is 0 Å². The Bertz CT molecular complexity index is 1630. The van der Waals surface area contributed by atoms with E-state index in [-0.39, 0.29) is 11.4 Å². The summed E-state index contributed by atoms with van der Waals surface area (Å²) in [6.45, 7) is 6.58. The zero-order valence-corrected chi connectivity index (χ0v) is 25.9. The molecule has 1 fully saturated rings. The Morgan fingerprint density at radius 1 is 1.00 bits per heavy atom. The molecule has 0 spiro atoms. The van der Waals surface area contributed by atoms with E-state index in [1.165, 1.54) is 5.56 Å². The van der Waals surface area contributed by atoms with Crippen molar-refractivity contribution >= 4 is 23.4 Å². The molecule has 11 heteroatoms. The van der Waals surface area contributed by atoms with Gasteiger partial charge in [0, 0.05) is 75.5 Å². The Hall–Kier alpha value is -4.48. The molecule has 0 unspecified atom stereocenters. The zero-order valence-electron chi connectivity index (χ0n) is 25.9. The fourth-order valence-corrected chi connectivity index (χ4v) is 6.42. The smallest absolute Gasteiger partial charge is 0.263 e. The van der Waals surface area contributed by atoms with Crippen LogP contribution in [-0.2, 0) is 12.1 Å². The molecule has 2 aromatic carbocycles. The highest BCUT2D eigenvalue weighted by atomic mass is 16.3. The topological polar surface area (TPSA) is 106 Å². The number of carbonyl (C=O) groups is 1. The quantitative estimate of drug-likeness (QED) is 0.313. The van der Waals surface area contributed by atoms with Crippen LogP contribution in [-0.4, -0.2) is 94.4 Å². The number of hydrogen-bond acceptors (Lipinski definition) is 9. The summed E-state index contributed by atoms with van der Waals surface area (Å²) in [5, 5.41) is 17.9. The molecule has 0 saturated carbocycles. The average molecular weight is 596 g/mol. The van der Waals surface area contributed by atoms with Gasteiger partial charge in [0.05, 0.1) is 11.9 Å². The number of fused-ring (bicyclic) bond motifs is 1. The van der Waals surface area contributed by atoms with Crippen LogP contribution < -0.4 is 15.1 Å². The number of aromatic hydroxyl groups is 1. The molecular formula is C33H41N9O2. The Morgan fingerprint density at radius 3 is 2.52 bits per heavy atom. The molecule has 4 heterocycles. The van der Waals surface area contributed by atoms with E-state index in [1.807, 2.05) is 66.1 Å². The maximum Gasteiger partial charge on any atom is 0.263 e. The molecular weight excluding hydrogens is 554 g/mol. The Kier molecular flexibility index (Phi) is 8.24. The van der Waals surface area contributed by atoms with Gasteiger partial charge < -0.3 is 20.2 Å². The average Bonchev–Trinajstić information content (AvgIpc) is 3.45. The largest absolute Gasteiger partial charge is 0.508 e. The summed E-state index contributed by atoms with van der Waals surface area (Å²) >= 11 is 0. The van der Waals surface area contributed by atoms with Crippen molar-refractivity contribution in [2.45, 2.75) is 31.8 Å². The number of nitrogens with zero attached hydrogens (tertiary/aromatic N) is 8. The van der Waals surface area contributed by atoms with Gasteiger partial charge in [0.25, 0.3) is 5.91 Å². The molecule has 0 radical (unpaired) electrons. The fraction of sp³-hybridized carbons (Fsp3) is 0.394. The molecule has 11 nitrogen and oxygen atoms in total. The third kappa shape index (κ3) is 5.72. The summed E-state index contributed by atoms with van der Waals surface area (Å²) in [5.74, 6) is 1.36. The van der Waals surface area contributed by atoms with E-state index in [1.54, 1.807) is 17.2 Å². The first-order valence-electron chi connectivity index (χ1n) is 15.2. The third-order valence-electron chi connectivity index (χ3n) is 8.97. The van der Waals surface area contributed by atoms with Crippen molar-refractivity contribution in [3.05, 3.63) is 83.8 Å². The van der Waals surface area contributed by atoms with Crippen molar-refractivity contribution in [1.29, 1.82) is 0 Å². The predicted octanol–water partition coefficient (Wildman–Crippen LogP) is 3.95. The molecule has 2 aliphatic heterocycles. The molecule has 2 N–H and O–H groups in total. The summed E-state index contributed by atoms with van der Waals surface area (Å²) in [7, 11) is 6.21. The molecule has 1 saturated heterocycles. The number of likely N-dealkylation sites (N-methyl/N-ethyl adjacent to an activating group) is 1. The lowest BCUT2D eigenvalue weighted by molar-refractivity contribution is 0.0506. The maximum absolute atomic E-state index is 13.7. The van der Waals surface area contributed by atoms with Crippen molar-refractivity contribution in [3.63, 3.8) is 0 Å². The number of benzene rings is 2. The molecule has 6 rings (SSSR count). The van der Waals surface area contributed by atoms with Crippen LogP contribution in [0.4, 0.5) is 17.5 Å². The lowest BCUT2D eigenvalue weighted by Crippen LogP contribution is -2.50. The van der Waals surface area contributed by atoms with Crippen LogP contribution in [0.5, 0.6) is 5.75 Å². The molecule has 0 bridgehead atoms. The Labute approximate surface area is 258 Å². The highest BCUT2D eigenvalue weighted by Crippen LogP contribution is 2.39. The fourth-order valence-electron chi connectivity index (χ4n) is 6.42. The summed E-state index contributed by atoms with van der Waals surface area (Å²) in [6, 6.07) is 15.6. The number of nitrogens with one attached hydrogen (secondary N) is 1. The number of anilines is 3. The van der Waals surface area contributed by atoms with Gasteiger partial charge in [-0.05, 0) is 69.8 Å². The second-order valence-electron chi connectivity index (χ2n) is 11.9. The second kappa shape index (κ2) is 12.3. The van der Waals surface area contributed by atoms with E-state index < -0.39 is 0 Å². The van der Waals surface area contributed by atoms with Gasteiger partial charge in [-0.15, -0.1) is 0 Å². The first-order chi connectivity index (χ1) is 21.3. The van der Waals surface area contributed by atoms with Crippen molar-refractivity contribution in [2.24, 2.45) is 0 Å². The lowest BCUT2D eigenvalue weighted by atomic mass is 9.79. The van der Waals surface area contributed by atoms with Gasteiger partial charge in [0.15, 0.2) is 0 Å². The van der Waals surface area contributed by atoms with Crippen LogP contribution in [0.25, 0.3) is 5.69 Å². The Morgan fingerprint density at radius 2 is 1.77 bits per heavy atom. The Balaban J connectivity index is 1.15. The summed E-state index contributed by atoms with van der Waals surface area (Å²) in [5.41, 5.74) is 4.40. The van der Waals surface area contributed by atoms with Gasteiger partial charge in [-0.3, -0.25) is 14.6 Å². The van der Waals surface area contributed by atoms with E-state index >= 15 is 0 Å². The molecule has 44 heavy (non-hydrogen) atoms. The number of aromatic nitrogens is 4. The minimum atomic E-state index is -0.115. The molecule has 4 aromatic rings. The second-order valence-corrected chi connectivity index (χ2v) is 11.9. The first kappa shape index (κ1) is 29.6. The zero-order chi connectivity index (χ0) is 30.8. The monoisotopic (exact) mass is 595 g/mol. The summed E-state index contributed by atoms with van der Waals surface area (Å²) < 4.78 is 1.88. The van der Waals surface area contributed by atoms with Gasteiger partial charge in [-0.1, -0.05) is 18.2 Å². The first-order valence-corrected chi connectivity index (χ1v) is 15.2. The van der Waals surface area contributed by atoms with Crippen molar-refractivity contribution in [1.82, 2.24) is 29.5 Å². The van der Waals surface area contributed by atoms with E-state index in [2.05, 4.69) is 56.5 Å². The number of amides is 1. The maximum atomic E-state index is 13.7. The number of carbonyl (C=O) groups excluding carboxylic acids is 1. The van der Waals surface area contributed by atoms with Crippen LogP contribution in [0.3, 0.4) is 0 Å². The molecule has 2 aliphatic rings. The third-order valence-corrected chi connectivity index (χ3v) is 8.97. The van der Waals surface area contributed by atoms with Crippen LogP contribution in [0.15, 0.2) is 67.1 Å². The van der Waals surface area contributed by atoms with Gasteiger partial charge in [-0.2, -0.15) is 10.1 Å². The number of phenolic OH excluding ortho intramolecular Hbond substituents is 1. The van der Waals surface area contributed by atoms with Gasteiger partial charge in [0.1, 0.15) is 17.1 Å². The number of phenols is 1. The lowest BCUT2D eigenvalue weighted by Gasteiger charge is -2.46. The predicted molar refractivity (Wildman–Crippen MR) is 173 cm³/mol. The molecule has 1 amide bonds. The van der Waals surface area contributed by atoms with Crippen molar-refractivity contribution in [3.8, 4) is 11.4 Å². The normalized spacial score (nSPS) is 17.1. The highest BCUT2D eigenvalue weighted by molar-refractivity contribution is 6.09. The number of hydrogen-bond donors (Lipinski definition) is 2. The molecule has 0 aliphatic carbocycles. The van der Waals surface area contributed by atoms with E-state index in [4.69, 9.17) is 0 Å². The minimum absolute atomic E-state index is 0.0965. The van der Waals surface area contributed by atoms with Gasteiger partial charge >= 0.3 is 0 Å². The summed E-state index contributed by atoms with van der Waals surface area (Å²) in [4.78, 5) is 31.2. The standard InChI is InChI=1S/C33H41N9O2/c1-5-34-32-35-21-29-30(37-32)39(4)16-17-41(31(29)44)26-9-7-10-27(19-26)42-23-24(20-36-42)22-40-14-12-33(13-15-40,38(2)3)25-8-6-11-28(43)18-25/h6-11,18-21,23,43H,5,12-17,22H2,1-4H3,(H,34,35,37). The van der Waals surface area contributed by atoms with E-state index in [9.17, 15) is 9.90 Å². The number of rotatable bonds is 8. The summed E-state index contributed by atoms with van der Waals surface area (Å²) in [6.07, 6.45) is 7.57. The van der Waals surface area contributed by atoms with Crippen LogP contribution in [0, 0.1) is 0 Å². The molecule has 2 aromatic heterocycles. The van der Waals surface area contributed by atoms with Gasteiger partial charge in [-0.25, -0.2) is 9.67 Å².